The Bertz CT molecular complexity index is 921. The van der Waals surface area contributed by atoms with Gasteiger partial charge >= 0.3 is 0 Å². The Morgan fingerprint density at radius 1 is 1.17 bits per heavy atom. The van der Waals surface area contributed by atoms with Crippen molar-refractivity contribution in [1.82, 2.24) is 9.97 Å². The summed E-state index contributed by atoms with van der Waals surface area (Å²) in [6.45, 7) is 0. The summed E-state index contributed by atoms with van der Waals surface area (Å²) in [5.74, 6) is -0.193. The molecule has 23 heavy (non-hydrogen) atoms. The van der Waals surface area contributed by atoms with Gasteiger partial charge in [-0.05, 0) is 30.3 Å². The lowest BCUT2D eigenvalue weighted by atomic mass is 10.2. The van der Waals surface area contributed by atoms with E-state index in [9.17, 15) is 9.59 Å². The van der Waals surface area contributed by atoms with Crippen LogP contribution >= 0.6 is 11.6 Å². The maximum absolute atomic E-state index is 12.0. The summed E-state index contributed by atoms with van der Waals surface area (Å²) in [5.41, 5.74) is 2.11. The molecule has 0 spiro atoms. The third-order valence-corrected chi connectivity index (χ3v) is 3.60. The first kappa shape index (κ1) is 15.2. The molecule has 3 rings (SSSR count). The van der Waals surface area contributed by atoms with E-state index in [1.165, 1.54) is 0 Å². The molecule has 0 fully saturated rings. The molecule has 2 aromatic carbocycles. The van der Waals surface area contributed by atoms with E-state index in [0.29, 0.717) is 27.4 Å². The van der Waals surface area contributed by atoms with E-state index in [2.05, 4.69) is 15.3 Å². The highest BCUT2D eigenvalue weighted by Crippen LogP contribution is 2.15. The predicted octanol–water partition coefficient (Wildman–Crippen LogP) is 3.15. The maximum Gasteiger partial charge on any atom is 0.270 e. The monoisotopic (exact) mass is 327 g/mol. The van der Waals surface area contributed by atoms with Gasteiger partial charge in [-0.2, -0.15) is 0 Å². The van der Waals surface area contributed by atoms with Crippen LogP contribution in [-0.4, -0.2) is 15.9 Å². The van der Waals surface area contributed by atoms with Crippen molar-refractivity contribution in [2.24, 2.45) is 0 Å². The van der Waals surface area contributed by atoms with Gasteiger partial charge in [0.15, 0.2) is 0 Å². The number of aromatic amines is 1. The van der Waals surface area contributed by atoms with Crippen LogP contribution < -0.4 is 10.9 Å². The number of rotatable bonds is 4. The van der Waals surface area contributed by atoms with Crippen molar-refractivity contribution < 1.29 is 4.79 Å². The van der Waals surface area contributed by atoms with Crippen LogP contribution in [0.25, 0.3) is 11.0 Å². The number of carbonyl (C=O) groups excluding carboxylic acids is 1. The predicted molar refractivity (Wildman–Crippen MR) is 90.8 cm³/mol. The van der Waals surface area contributed by atoms with Crippen LogP contribution in [0.2, 0.25) is 5.02 Å². The van der Waals surface area contributed by atoms with Crippen molar-refractivity contribution in [2.75, 3.05) is 5.32 Å². The standard InChI is InChI=1S/C17H14ClN3O2/c18-11-4-3-5-12(10-11)19-16(22)9-8-15-17(23)21-14-7-2-1-6-13(14)20-15/h1-7,10H,8-9H2,(H,19,22)(H,21,23). The third-order valence-electron chi connectivity index (χ3n) is 3.37. The van der Waals surface area contributed by atoms with Gasteiger partial charge < -0.3 is 10.3 Å². The zero-order valence-electron chi connectivity index (χ0n) is 12.2. The number of carbonyl (C=O) groups is 1. The van der Waals surface area contributed by atoms with Crippen LogP contribution in [0.15, 0.2) is 53.3 Å². The van der Waals surface area contributed by atoms with Crippen molar-refractivity contribution in [3.8, 4) is 0 Å². The molecule has 0 aliphatic carbocycles. The van der Waals surface area contributed by atoms with Crippen molar-refractivity contribution >= 4 is 34.2 Å². The summed E-state index contributed by atoms with van der Waals surface area (Å²) >= 11 is 5.87. The minimum Gasteiger partial charge on any atom is -0.326 e. The number of aromatic nitrogens is 2. The van der Waals surface area contributed by atoms with Gasteiger partial charge in [-0.3, -0.25) is 9.59 Å². The molecule has 0 saturated carbocycles. The molecule has 1 aromatic heterocycles. The van der Waals surface area contributed by atoms with E-state index in [4.69, 9.17) is 11.6 Å². The zero-order chi connectivity index (χ0) is 16.2. The topological polar surface area (TPSA) is 74.8 Å². The lowest BCUT2D eigenvalue weighted by molar-refractivity contribution is -0.116. The SMILES string of the molecule is O=C(CCc1nc2ccccc2[nH]c1=O)Nc1cccc(Cl)c1. The van der Waals surface area contributed by atoms with Crippen LogP contribution in [0.3, 0.4) is 0 Å². The van der Waals surface area contributed by atoms with E-state index < -0.39 is 0 Å². The van der Waals surface area contributed by atoms with Gasteiger partial charge in [-0.1, -0.05) is 29.8 Å². The number of nitrogens with one attached hydrogen (secondary N) is 2. The number of amides is 1. The molecule has 1 heterocycles. The van der Waals surface area contributed by atoms with Gasteiger partial charge in [0.25, 0.3) is 5.56 Å². The van der Waals surface area contributed by atoms with Crippen molar-refractivity contribution in [1.29, 1.82) is 0 Å². The Morgan fingerprint density at radius 2 is 2.00 bits per heavy atom. The largest absolute Gasteiger partial charge is 0.326 e. The molecule has 0 unspecified atom stereocenters. The highest BCUT2D eigenvalue weighted by atomic mass is 35.5. The number of nitrogens with zero attached hydrogens (tertiary/aromatic N) is 1. The second-order valence-corrected chi connectivity index (χ2v) is 5.52. The Hall–Kier alpha value is -2.66. The highest BCUT2D eigenvalue weighted by Gasteiger charge is 2.08. The fourth-order valence-corrected chi connectivity index (χ4v) is 2.45. The van der Waals surface area contributed by atoms with Crippen LogP contribution in [0.1, 0.15) is 12.1 Å². The molecule has 0 aliphatic rings. The second kappa shape index (κ2) is 6.62. The normalized spacial score (nSPS) is 10.7. The van der Waals surface area contributed by atoms with E-state index in [1.807, 2.05) is 18.2 Å². The average molecular weight is 328 g/mol. The number of benzene rings is 2. The molecule has 0 aliphatic heterocycles. The van der Waals surface area contributed by atoms with E-state index in [-0.39, 0.29) is 24.3 Å². The van der Waals surface area contributed by atoms with Crippen LogP contribution in [-0.2, 0) is 11.2 Å². The summed E-state index contributed by atoms with van der Waals surface area (Å²) in [6, 6.07) is 14.2. The molecule has 0 radical (unpaired) electrons. The number of aryl methyl sites for hydroxylation is 1. The fourth-order valence-electron chi connectivity index (χ4n) is 2.26. The molecule has 6 heteroatoms. The van der Waals surface area contributed by atoms with Gasteiger partial charge in [-0.15, -0.1) is 0 Å². The number of H-pyrrole nitrogens is 1. The summed E-state index contributed by atoms with van der Waals surface area (Å²) in [6.07, 6.45) is 0.438. The first-order chi connectivity index (χ1) is 11.1. The molecule has 0 bridgehead atoms. The Balaban J connectivity index is 1.69. The van der Waals surface area contributed by atoms with Gasteiger partial charge in [-0.25, -0.2) is 4.98 Å². The maximum atomic E-state index is 12.0. The van der Waals surface area contributed by atoms with Crippen LogP contribution in [0, 0.1) is 0 Å². The summed E-state index contributed by atoms with van der Waals surface area (Å²) in [5, 5.41) is 3.30. The van der Waals surface area contributed by atoms with Gasteiger partial charge in [0, 0.05) is 23.6 Å². The number of halogens is 1. The smallest absolute Gasteiger partial charge is 0.270 e. The van der Waals surface area contributed by atoms with Crippen LogP contribution in [0.4, 0.5) is 5.69 Å². The molecule has 116 valence electrons. The van der Waals surface area contributed by atoms with Crippen molar-refractivity contribution in [2.45, 2.75) is 12.8 Å². The quantitative estimate of drug-likeness (QED) is 0.773. The van der Waals surface area contributed by atoms with Crippen LogP contribution in [0.5, 0.6) is 0 Å². The van der Waals surface area contributed by atoms with Crippen molar-refractivity contribution in [3.63, 3.8) is 0 Å². The molecule has 2 N–H and O–H groups in total. The minimum absolute atomic E-state index is 0.168. The number of anilines is 1. The highest BCUT2D eigenvalue weighted by molar-refractivity contribution is 6.30. The lowest BCUT2D eigenvalue weighted by Crippen LogP contribution is -2.18. The number of fused-ring (bicyclic) bond motifs is 1. The zero-order valence-corrected chi connectivity index (χ0v) is 12.9. The van der Waals surface area contributed by atoms with Crippen molar-refractivity contribution in [3.05, 3.63) is 69.6 Å². The first-order valence-corrected chi connectivity index (χ1v) is 7.53. The minimum atomic E-state index is -0.265. The van der Waals surface area contributed by atoms with Gasteiger partial charge in [0.1, 0.15) is 5.69 Å². The third kappa shape index (κ3) is 3.76. The first-order valence-electron chi connectivity index (χ1n) is 7.15. The molecular formula is C17H14ClN3O2. The Kier molecular flexibility index (Phi) is 4.39. The molecule has 5 nitrogen and oxygen atoms in total. The van der Waals surface area contributed by atoms with E-state index in [0.717, 1.165) is 0 Å². The lowest BCUT2D eigenvalue weighted by Gasteiger charge is -2.05. The molecule has 1 amide bonds. The van der Waals surface area contributed by atoms with E-state index >= 15 is 0 Å². The summed E-state index contributed by atoms with van der Waals surface area (Å²) < 4.78 is 0. The average Bonchev–Trinajstić information content (AvgIpc) is 2.53. The molecule has 0 saturated heterocycles. The molecule has 0 atom stereocenters. The molecule has 3 aromatic rings. The van der Waals surface area contributed by atoms with E-state index in [1.54, 1.807) is 30.3 Å². The molecular weight excluding hydrogens is 314 g/mol. The second-order valence-electron chi connectivity index (χ2n) is 5.09. The fraction of sp³-hybridized carbons (Fsp3) is 0.118. The van der Waals surface area contributed by atoms with Gasteiger partial charge in [0.05, 0.1) is 11.0 Å². The summed E-state index contributed by atoms with van der Waals surface area (Å²) in [4.78, 5) is 31.1. The number of hydrogen-bond donors (Lipinski definition) is 2. The number of para-hydroxylation sites is 2. The summed E-state index contributed by atoms with van der Waals surface area (Å²) in [7, 11) is 0. The Labute approximate surface area is 137 Å². The number of hydrogen-bond acceptors (Lipinski definition) is 3. The Morgan fingerprint density at radius 3 is 2.83 bits per heavy atom. The van der Waals surface area contributed by atoms with Gasteiger partial charge in [0.2, 0.25) is 5.91 Å².